The molecule has 1 aromatic carbocycles. The molecule has 0 radical (unpaired) electrons. The second kappa shape index (κ2) is 9.99. The molecule has 0 aliphatic carbocycles. The molecule has 0 atom stereocenters. The first-order valence-electron chi connectivity index (χ1n) is 10.9. The number of nitrogens with one attached hydrogen (secondary N) is 1. The molecule has 1 N–H and O–H groups in total. The number of hydrogen-bond donors (Lipinski definition) is 1. The second-order valence-corrected chi connectivity index (χ2v) is 8.77. The summed E-state index contributed by atoms with van der Waals surface area (Å²) in [5.74, 6) is 0.909. The van der Waals surface area contributed by atoms with E-state index in [9.17, 15) is 4.79 Å². The molecule has 0 aliphatic rings. The largest absolute Gasteiger partial charge is 0.322 e. The monoisotopic (exact) mass is 461 g/mol. The molecule has 3 heterocycles. The molecule has 1 amide bonds. The van der Waals surface area contributed by atoms with Gasteiger partial charge in [-0.2, -0.15) is 5.10 Å². The number of carbonyl (C=O) groups is 1. The first-order valence-corrected chi connectivity index (χ1v) is 11.9. The average Bonchev–Trinajstić information content (AvgIpc) is 3.35. The second-order valence-electron chi connectivity index (χ2n) is 7.82. The van der Waals surface area contributed by atoms with E-state index in [1.807, 2.05) is 54.9 Å². The number of benzene rings is 1. The van der Waals surface area contributed by atoms with Crippen LogP contribution in [0.25, 0.3) is 17.1 Å². The van der Waals surface area contributed by atoms with Crippen LogP contribution in [0, 0.1) is 20.8 Å². The Kier molecular flexibility index (Phi) is 6.88. The molecule has 170 valence electrons. The summed E-state index contributed by atoms with van der Waals surface area (Å²) in [7, 11) is 0. The highest BCUT2D eigenvalue weighted by atomic mass is 32.2. The molecular weight excluding hydrogens is 434 g/mol. The van der Waals surface area contributed by atoms with E-state index in [0.29, 0.717) is 0 Å². The average molecular weight is 462 g/mol. The Morgan fingerprint density at radius 1 is 1.03 bits per heavy atom. The van der Waals surface area contributed by atoms with Crippen molar-refractivity contribution in [2.75, 3.05) is 11.1 Å². The Bertz CT molecular complexity index is 1250. The third kappa shape index (κ3) is 4.98. The van der Waals surface area contributed by atoms with E-state index in [4.69, 9.17) is 0 Å². The van der Waals surface area contributed by atoms with Crippen LogP contribution in [0.1, 0.15) is 30.3 Å². The van der Waals surface area contributed by atoms with Gasteiger partial charge in [0.05, 0.1) is 28.5 Å². The summed E-state index contributed by atoms with van der Waals surface area (Å²) in [5, 5.41) is 17.1. The molecule has 33 heavy (non-hydrogen) atoms. The minimum Gasteiger partial charge on any atom is -0.322 e. The predicted octanol–water partition coefficient (Wildman–Crippen LogP) is 4.59. The molecule has 0 bridgehead atoms. The summed E-state index contributed by atoms with van der Waals surface area (Å²) in [6.07, 6.45) is 4.41. The molecule has 0 saturated heterocycles. The molecule has 0 spiro atoms. The number of hydrogen-bond acceptors (Lipinski definition) is 6. The number of amides is 1. The minimum absolute atomic E-state index is 0.105. The lowest BCUT2D eigenvalue weighted by Gasteiger charge is -2.09. The van der Waals surface area contributed by atoms with Crippen LogP contribution in [0.3, 0.4) is 0 Å². The van der Waals surface area contributed by atoms with Crippen molar-refractivity contribution in [2.45, 2.75) is 45.8 Å². The van der Waals surface area contributed by atoms with Crippen LogP contribution in [-0.2, 0) is 11.3 Å². The summed E-state index contributed by atoms with van der Waals surface area (Å²) in [6, 6.07) is 12.0. The quantitative estimate of drug-likeness (QED) is 0.386. The van der Waals surface area contributed by atoms with Crippen molar-refractivity contribution >= 4 is 23.4 Å². The molecule has 3 aromatic heterocycles. The molecule has 8 nitrogen and oxygen atoms in total. The fraction of sp³-hybridized carbons (Fsp3) is 0.292. The maximum absolute atomic E-state index is 12.8. The Hall–Kier alpha value is -3.46. The van der Waals surface area contributed by atoms with Crippen LogP contribution in [-0.4, -0.2) is 41.2 Å². The topological polar surface area (TPSA) is 90.5 Å². The number of thioether (sulfide) groups is 1. The van der Waals surface area contributed by atoms with Gasteiger partial charge in [0.25, 0.3) is 0 Å². The lowest BCUT2D eigenvalue weighted by Crippen LogP contribution is -2.16. The standard InChI is InChI=1S/C24H27N7OS/c1-5-14-30-23(19-10-12-25-13-11-19)27-28-24(30)33-15-21(32)26-22-17(3)29-31(18(22)4)20-8-6-16(2)7-9-20/h6-13H,5,14-15H2,1-4H3,(H,26,32). The molecule has 0 saturated carbocycles. The van der Waals surface area contributed by atoms with E-state index in [-0.39, 0.29) is 11.7 Å². The molecule has 0 aliphatic heterocycles. The van der Waals surface area contributed by atoms with Gasteiger partial charge in [-0.1, -0.05) is 36.4 Å². The van der Waals surface area contributed by atoms with E-state index in [1.165, 1.54) is 17.3 Å². The maximum atomic E-state index is 12.8. The summed E-state index contributed by atoms with van der Waals surface area (Å²) in [6.45, 7) is 8.79. The Balaban J connectivity index is 1.47. The normalized spacial score (nSPS) is 11.0. The van der Waals surface area contributed by atoms with Crippen LogP contribution in [0.15, 0.2) is 53.9 Å². The third-order valence-electron chi connectivity index (χ3n) is 5.27. The summed E-state index contributed by atoms with van der Waals surface area (Å²) in [5.41, 5.74) is 5.52. The van der Waals surface area contributed by atoms with E-state index < -0.39 is 0 Å². The van der Waals surface area contributed by atoms with Crippen LogP contribution >= 0.6 is 11.8 Å². The van der Waals surface area contributed by atoms with Gasteiger partial charge in [0, 0.05) is 24.5 Å². The van der Waals surface area contributed by atoms with Crippen molar-refractivity contribution in [1.29, 1.82) is 0 Å². The van der Waals surface area contributed by atoms with Gasteiger partial charge in [0.15, 0.2) is 11.0 Å². The number of aryl methyl sites for hydroxylation is 2. The van der Waals surface area contributed by atoms with Crippen molar-refractivity contribution in [1.82, 2.24) is 29.5 Å². The Morgan fingerprint density at radius 3 is 2.45 bits per heavy atom. The highest BCUT2D eigenvalue weighted by Gasteiger charge is 2.18. The molecule has 9 heteroatoms. The smallest absolute Gasteiger partial charge is 0.234 e. The number of anilines is 1. The summed E-state index contributed by atoms with van der Waals surface area (Å²) >= 11 is 1.38. The van der Waals surface area contributed by atoms with Crippen molar-refractivity contribution in [3.63, 3.8) is 0 Å². The van der Waals surface area contributed by atoms with Crippen molar-refractivity contribution in [3.8, 4) is 17.1 Å². The first kappa shape index (κ1) is 22.7. The number of aromatic nitrogens is 6. The third-order valence-corrected chi connectivity index (χ3v) is 6.24. The zero-order chi connectivity index (χ0) is 23.4. The van der Waals surface area contributed by atoms with Crippen molar-refractivity contribution < 1.29 is 4.79 Å². The van der Waals surface area contributed by atoms with Crippen LogP contribution < -0.4 is 5.32 Å². The number of carbonyl (C=O) groups excluding carboxylic acids is 1. The molecular formula is C24H27N7OS. The predicted molar refractivity (Wildman–Crippen MR) is 131 cm³/mol. The van der Waals surface area contributed by atoms with Gasteiger partial charge in [0.1, 0.15) is 0 Å². The highest BCUT2D eigenvalue weighted by Crippen LogP contribution is 2.26. The van der Waals surface area contributed by atoms with E-state index in [0.717, 1.165) is 52.3 Å². The van der Waals surface area contributed by atoms with E-state index in [2.05, 4.69) is 44.0 Å². The summed E-state index contributed by atoms with van der Waals surface area (Å²) in [4.78, 5) is 16.9. The van der Waals surface area contributed by atoms with E-state index >= 15 is 0 Å². The highest BCUT2D eigenvalue weighted by molar-refractivity contribution is 7.99. The van der Waals surface area contributed by atoms with E-state index in [1.54, 1.807) is 12.4 Å². The van der Waals surface area contributed by atoms with Gasteiger partial charge < -0.3 is 9.88 Å². The van der Waals surface area contributed by atoms with Crippen LogP contribution in [0.5, 0.6) is 0 Å². The van der Waals surface area contributed by atoms with Gasteiger partial charge in [-0.15, -0.1) is 10.2 Å². The number of pyridine rings is 1. The lowest BCUT2D eigenvalue weighted by molar-refractivity contribution is -0.113. The Morgan fingerprint density at radius 2 is 1.76 bits per heavy atom. The van der Waals surface area contributed by atoms with Gasteiger partial charge in [-0.3, -0.25) is 9.78 Å². The summed E-state index contributed by atoms with van der Waals surface area (Å²) < 4.78 is 3.91. The first-order chi connectivity index (χ1) is 16.0. The van der Waals surface area contributed by atoms with Gasteiger partial charge in [-0.25, -0.2) is 4.68 Å². The fourth-order valence-electron chi connectivity index (χ4n) is 3.60. The van der Waals surface area contributed by atoms with Gasteiger partial charge in [-0.05, 0) is 51.5 Å². The Labute approximate surface area is 197 Å². The number of nitrogens with zero attached hydrogens (tertiary/aromatic N) is 6. The maximum Gasteiger partial charge on any atom is 0.234 e. The zero-order valence-electron chi connectivity index (χ0n) is 19.2. The number of rotatable bonds is 8. The molecule has 4 aromatic rings. The minimum atomic E-state index is -0.105. The van der Waals surface area contributed by atoms with Gasteiger partial charge in [0.2, 0.25) is 5.91 Å². The van der Waals surface area contributed by atoms with Gasteiger partial charge >= 0.3 is 0 Å². The van der Waals surface area contributed by atoms with Crippen molar-refractivity contribution in [3.05, 3.63) is 65.7 Å². The lowest BCUT2D eigenvalue weighted by atomic mass is 10.2. The molecule has 0 unspecified atom stereocenters. The molecule has 4 rings (SSSR count). The van der Waals surface area contributed by atoms with Crippen LogP contribution in [0.2, 0.25) is 0 Å². The molecule has 0 fully saturated rings. The fourth-order valence-corrected chi connectivity index (χ4v) is 4.37. The SMILES string of the molecule is CCCn1c(SCC(=O)Nc2c(C)nn(-c3ccc(C)cc3)c2C)nnc1-c1ccncc1. The van der Waals surface area contributed by atoms with Crippen LogP contribution in [0.4, 0.5) is 5.69 Å². The zero-order valence-corrected chi connectivity index (χ0v) is 20.1. The van der Waals surface area contributed by atoms with Crippen molar-refractivity contribution in [2.24, 2.45) is 0 Å².